The van der Waals surface area contributed by atoms with E-state index in [0.29, 0.717) is 0 Å². The van der Waals surface area contributed by atoms with E-state index < -0.39 is 24.6 Å². The molecule has 106 valence electrons. The summed E-state index contributed by atoms with van der Waals surface area (Å²) in [5, 5.41) is 11.2. The third-order valence-corrected chi connectivity index (χ3v) is 3.16. The van der Waals surface area contributed by atoms with Gasteiger partial charge >= 0.3 is 12.1 Å². The Morgan fingerprint density at radius 1 is 1.47 bits per heavy atom. The Hall–Kier alpha value is -1.08. The standard InChI is InChI=1S/C12H13BrF3NO2/c1-7(8-3-2-4-9(13)5-8)17-6-10(11(18)19)12(14,15)16/h2-5,7,10,17H,6H2,1H3,(H,18,19)/t7-,10?/m0/s1. The molecule has 0 amide bonds. The lowest BCUT2D eigenvalue weighted by molar-refractivity contribution is -0.192. The third-order valence-electron chi connectivity index (χ3n) is 2.67. The molecule has 1 aromatic rings. The Bertz CT molecular complexity index is 451. The van der Waals surface area contributed by atoms with E-state index in [4.69, 9.17) is 5.11 Å². The highest BCUT2D eigenvalue weighted by atomic mass is 79.9. The van der Waals surface area contributed by atoms with Crippen LogP contribution in [-0.2, 0) is 4.79 Å². The largest absolute Gasteiger partial charge is 0.481 e. The zero-order valence-electron chi connectivity index (χ0n) is 10.0. The van der Waals surface area contributed by atoms with Crippen molar-refractivity contribution in [2.75, 3.05) is 6.54 Å². The SMILES string of the molecule is C[C@H](NCC(C(=O)O)C(F)(F)F)c1cccc(Br)c1. The molecule has 0 aromatic heterocycles. The molecule has 1 aromatic carbocycles. The van der Waals surface area contributed by atoms with Crippen molar-refractivity contribution < 1.29 is 23.1 Å². The van der Waals surface area contributed by atoms with Crippen LogP contribution in [0.3, 0.4) is 0 Å². The number of carbonyl (C=O) groups is 1. The molecule has 3 nitrogen and oxygen atoms in total. The second kappa shape index (κ2) is 6.38. The van der Waals surface area contributed by atoms with Crippen LogP contribution < -0.4 is 5.32 Å². The molecule has 0 spiro atoms. The number of rotatable bonds is 5. The minimum Gasteiger partial charge on any atom is -0.481 e. The van der Waals surface area contributed by atoms with Gasteiger partial charge in [0.15, 0.2) is 5.92 Å². The fraction of sp³-hybridized carbons (Fsp3) is 0.417. The fourth-order valence-corrected chi connectivity index (χ4v) is 1.95. The average molecular weight is 340 g/mol. The molecular weight excluding hydrogens is 327 g/mol. The normalized spacial score (nSPS) is 15.0. The Balaban J connectivity index is 2.67. The molecule has 0 heterocycles. The Morgan fingerprint density at radius 3 is 2.58 bits per heavy atom. The summed E-state index contributed by atoms with van der Waals surface area (Å²) >= 11 is 3.26. The zero-order valence-corrected chi connectivity index (χ0v) is 11.6. The molecule has 0 bridgehead atoms. The summed E-state index contributed by atoms with van der Waals surface area (Å²) in [5.41, 5.74) is 0.778. The van der Waals surface area contributed by atoms with E-state index >= 15 is 0 Å². The van der Waals surface area contributed by atoms with Crippen molar-refractivity contribution >= 4 is 21.9 Å². The molecule has 1 rings (SSSR count). The predicted octanol–water partition coefficient (Wildman–Crippen LogP) is 3.36. The van der Waals surface area contributed by atoms with E-state index in [9.17, 15) is 18.0 Å². The van der Waals surface area contributed by atoms with Gasteiger partial charge in [0, 0.05) is 17.1 Å². The maximum atomic E-state index is 12.5. The summed E-state index contributed by atoms with van der Waals surface area (Å²) in [6, 6.07) is 6.70. The maximum Gasteiger partial charge on any atom is 0.403 e. The van der Waals surface area contributed by atoms with Crippen molar-refractivity contribution in [1.82, 2.24) is 5.32 Å². The number of nitrogens with one attached hydrogen (secondary N) is 1. The molecule has 0 aliphatic carbocycles. The van der Waals surface area contributed by atoms with Gasteiger partial charge in [-0.05, 0) is 24.6 Å². The number of halogens is 4. The van der Waals surface area contributed by atoms with E-state index in [0.717, 1.165) is 10.0 Å². The van der Waals surface area contributed by atoms with Gasteiger partial charge in [-0.3, -0.25) is 4.79 Å². The van der Waals surface area contributed by atoms with Gasteiger partial charge in [-0.25, -0.2) is 0 Å². The van der Waals surface area contributed by atoms with Gasteiger partial charge in [0.05, 0.1) is 0 Å². The maximum absolute atomic E-state index is 12.5. The molecule has 2 atom stereocenters. The van der Waals surface area contributed by atoms with Crippen LogP contribution in [0.2, 0.25) is 0 Å². The van der Waals surface area contributed by atoms with Gasteiger partial charge in [-0.2, -0.15) is 13.2 Å². The lowest BCUT2D eigenvalue weighted by Crippen LogP contribution is -2.39. The molecule has 2 N–H and O–H groups in total. The quantitative estimate of drug-likeness (QED) is 0.864. The van der Waals surface area contributed by atoms with Crippen molar-refractivity contribution in [3.05, 3.63) is 34.3 Å². The van der Waals surface area contributed by atoms with Crippen molar-refractivity contribution in [3.8, 4) is 0 Å². The Labute approximate surface area is 116 Å². The first-order valence-electron chi connectivity index (χ1n) is 5.50. The number of benzene rings is 1. The predicted molar refractivity (Wildman–Crippen MR) is 67.7 cm³/mol. The highest BCUT2D eigenvalue weighted by molar-refractivity contribution is 9.10. The first-order chi connectivity index (χ1) is 8.71. The smallest absolute Gasteiger partial charge is 0.403 e. The molecule has 0 fully saturated rings. The molecule has 1 unspecified atom stereocenters. The molecule has 0 aliphatic heterocycles. The molecule has 0 saturated carbocycles. The minimum atomic E-state index is -4.75. The number of alkyl halides is 3. The monoisotopic (exact) mass is 339 g/mol. The zero-order chi connectivity index (χ0) is 14.6. The summed E-state index contributed by atoms with van der Waals surface area (Å²) in [6.07, 6.45) is -4.75. The van der Waals surface area contributed by atoms with Gasteiger partial charge in [-0.15, -0.1) is 0 Å². The van der Waals surface area contributed by atoms with Gasteiger partial charge in [0.1, 0.15) is 0 Å². The number of hydrogen-bond acceptors (Lipinski definition) is 2. The van der Waals surface area contributed by atoms with E-state index in [1.54, 1.807) is 31.2 Å². The van der Waals surface area contributed by atoms with Crippen LogP contribution in [0.1, 0.15) is 18.5 Å². The lowest BCUT2D eigenvalue weighted by Gasteiger charge is -2.20. The van der Waals surface area contributed by atoms with Gasteiger partial charge in [-0.1, -0.05) is 28.1 Å². The second-order valence-corrected chi connectivity index (χ2v) is 5.03. The third kappa shape index (κ3) is 4.83. The number of carboxylic acids is 1. The van der Waals surface area contributed by atoms with Crippen LogP contribution in [0, 0.1) is 5.92 Å². The molecule has 0 saturated heterocycles. The summed E-state index contributed by atoms with van der Waals surface area (Å²) < 4.78 is 38.2. The fourth-order valence-electron chi connectivity index (χ4n) is 1.53. The van der Waals surface area contributed by atoms with Crippen LogP contribution in [0.5, 0.6) is 0 Å². The van der Waals surface area contributed by atoms with Gasteiger partial charge < -0.3 is 10.4 Å². The second-order valence-electron chi connectivity index (χ2n) is 4.12. The van der Waals surface area contributed by atoms with Crippen molar-refractivity contribution in [2.45, 2.75) is 19.1 Å². The molecule has 7 heteroatoms. The summed E-state index contributed by atoms with van der Waals surface area (Å²) in [6.45, 7) is 1.02. The van der Waals surface area contributed by atoms with E-state index in [1.807, 2.05) is 0 Å². The van der Waals surface area contributed by atoms with Gasteiger partial charge in [0.25, 0.3) is 0 Å². The Kier molecular flexibility index (Phi) is 5.37. The number of aliphatic carboxylic acids is 1. The number of carboxylic acid groups (broad SMARTS) is 1. The van der Waals surface area contributed by atoms with Gasteiger partial charge in [0.2, 0.25) is 0 Å². The van der Waals surface area contributed by atoms with Crippen LogP contribution in [-0.4, -0.2) is 23.8 Å². The lowest BCUT2D eigenvalue weighted by atomic mass is 10.1. The average Bonchev–Trinajstić information content (AvgIpc) is 2.26. The van der Waals surface area contributed by atoms with E-state index in [1.165, 1.54) is 0 Å². The van der Waals surface area contributed by atoms with Crippen molar-refractivity contribution in [2.24, 2.45) is 5.92 Å². The first kappa shape index (κ1) is 16.0. The van der Waals surface area contributed by atoms with E-state index in [-0.39, 0.29) is 6.04 Å². The first-order valence-corrected chi connectivity index (χ1v) is 6.29. The molecule has 19 heavy (non-hydrogen) atoms. The highest BCUT2D eigenvalue weighted by Gasteiger charge is 2.44. The van der Waals surface area contributed by atoms with Crippen LogP contribution in [0.4, 0.5) is 13.2 Å². The van der Waals surface area contributed by atoms with Crippen molar-refractivity contribution in [3.63, 3.8) is 0 Å². The minimum absolute atomic E-state index is 0.373. The Morgan fingerprint density at radius 2 is 2.11 bits per heavy atom. The summed E-state index contributed by atoms with van der Waals surface area (Å²) in [4.78, 5) is 10.6. The topological polar surface area (TPSA) is 49.3 Å². The summed E-state index contributed by atoms with van der Waals surface area (Å²) in [7, 11) is 0. The number of hydrogen-bond donors (Lipinski definition) is 2. The highest BCUT2D eigenvalue weighted by Crippen LogP contribution is 2.27. The molecular formula is C12H13BrF3NO2. The molecule has 0 radical (unpaired) electrons. The van der Waals surface area contributed by atoms with E-state index in [2.05, 4.69) is 21.2 Å². The van der Waals surface area contributed by atoms with Crippen LogP contribution in [0.25, 0.3) is 0 Å². The molecule has 0 aliphatic rings. The van der Waals surface area contributed by atoms with Crippen LogP contribution >= 0.6 is 15.9 Å². The van der Waals surface area contributed by atoms with Crippen LogP contribution in [0.15, 0.2) is 28.7 Å². The van der Waals surface area contributed by atoms with Crippen molar-refractivity contribution in [1.29, 1.82) is 0 Å². The summed E-state index contributed by atoms with van der Waals surface area (Å²) in [5.74, 6) is -4.27.